The molecule has 8 nitrogen and oxygen atoms in total. The number of pyridine rings is 1. The van der Waals surface area contributed by atoms with E-state index in [1.165, 1.54) is 6.92 Å². The molecule has 3 aromatic rings. The molecule has 1 saturated heterocycles. The van der Waals surface area contributed by atoms with Crippen LogP contribution in [0.15, 0.2) is 6.07 Å². The zero-order chi connectivity index (χ0) is 33.7. The van der Waals surface area contributed by atoms with Crippen LogP contribution in [-0.2, 0) is 6.18 Å². The van der Waals surface area contributed by atoms with Crippen molar-refractivity contribution in [1.29, 1.82) is 0 Å². The third-order valence-corrected chi connectivity index (χ3v) is 11.1. The summed E-state index contributed by atoms with van der Waals surface area (Å²) in [5.41, 5.74) is 1.19. The van der Waals surface area contributed by atoms with Gasteiger partial charge in [-0.15, -0.1) is 0 Å². The number of aromatic nitrogens is 3. The van der Waals surface area contributed by atoms with Gasteiger partial charge >= 0.3 is 12.2 Å². The SMILES string of the molecule is Cc1cc(N)nc(-c2c(Cl)c3c4c(nc(OCC56CCCC5N(C)CCC6)nc4c2F)N(C)C2(CCO3)CC(F)(F)C2)c1C(F)(F)F. The van der Waals surface area contributed by atoms with Crippen LogP contribution in [0.2, 0.25) is 5.02 Å². The predicted octanol–water partition coefficient (Wildman–Crippen LogP) is 7.42. The van der Waals surface area contributed by atoms with E-state index in [9.17, 15) is 22.0 Å². The van der Waals surface area contributed by atoms with E-state index in [1.807, 2.05) is 0 Å². The third-order valence-electron chi connectivity index (χ3n) is 10.8. The molecule has 2 aromatic heterocycles. The summed E-state index contributed by atoms with van der Waals surface area (Å²) in [6, 6.07) is 1.11. The van der Waals surface area contributed by atoms with Crippen molar-refractivity contribution in [2.75, 3.05) is 44.5 Å². The zero-order valence-corrected chi connectivity index (χ0v) is 27.0. The minimum atomic E-state index is -4.94. The number of hydrogen-bond donors (Lipinski definition) is 1. The molecule has 0 amide bonds. The number of piperidine rings is 1. The van der Waals surface area contributed by atoms with Crippen molar-refractivity contribution >= 4 is 34.1 Å². The van der Waals surface area contributed by atoms with E-state index in [-0.39, 0.29) is 65.4 Å². The van der Waals surface area contributed by atoms with Gasteiger partial charge in [0, 0.05) is 37.8 Å². The molecule has 4 aliphatic rings. The highest BCUT2D eigenvalue weighted by Gasteiger charge is 2.59. The van der Waals surface area contributed by atoms with Gasteiger partial charge in [0.25, 0.3) is 5.92 Å². The Bertz CT molecular complexity index is 1760. The largest absolute Gasteiger partial charge is 0.491 e. The number of hydrogen-bond acceptors (Lipinski definition) is 8. The molecule has 254 valence electrons. The fourth-order valence-electron chi connectivity index (χ4n) is 8.57. The Morgan fingerprint density at radius 1 is 1.11 bits per heavy atom. The number of nitrogens with zero attached hydrogens (tertiary/aromatic N) is 5. The zero-order valence-electron chi connectivity index (χ0n) is 26.2. The highest BCUT2D eigenvalue weighted by Crippen LogP contribution is 2.56. The molecule has 2 N–H and O–H groups in total. The number of anilines is 2. The van der Waals surface area contributed by atoms with Crippen molar-refractivity contribution < 1.29 is 35.8 Å². The van der Waals surface area contributed by atoms with E-state index in [4.69, 9.17) is 26.8 Å². The molecule has 47 heavy (non-hydrogen) atoms. The summed E-state index contributed by atoms with van der Waals surface area (Å²) in [6.07, 6.45) is -0.917. The van der Waals surface area contributed by atoms with E-state index in [0.717, 1.165) is 44.7 Å². The van der Waals surface area contributed by atoms with Crippen molar-refractivity contribution in [3.8, 4) is 23.0 Å². The Hall–Kier alpha value is -3.26. The van der Waals surface area contributed by atoms with Gasteiger partial charge in [0.2, 0.25) is 0 Å². The Morgan fingerprint density at radius 3 is 2.53 bits per heavy atom. The quantitative estimate of drug-likeness (QED) is 0.284. The predicted molar refractivity (Wildman–Crippen MR) is 165 cm³/mol. The fraction of sp³-hybridized carbons (Fsp3) is 0.594. The molecule has 4 heterocycles. The molecular formula is C32H35ClF6N6O2. The lowest BCUT2D eigenvalue weighted by atomic mass is 9.70. The van der Waals surface area contributed by atoms with Crippen LogP contribution in [0.25, 0.3) is 22.2 Å². The van der Waals surface area contributed by atoms with E-state index in [2.05, 4.69) is 26.9 Å². The molecule has 2 unspecified atom stereocenters. The molecule has 2 aliphatic heterocycles. The van der Waals surface area contributed by atoms with Crippen LogP contribution >= 0.6 is 11.6 Å². The number of fused-ring (bicyclic) bond motifs is 1. The Kier molecular flexibility index (Phi) is 7.47. The highest BCUT2D eigenvalue weighted by atomic mass is 35.5. The summed E-state index contributed by atoms with van der Waals surface area (Å²) in [7, 11) is 3.67. The summed E-state index contributed by atoms with van der Waals surface area (Å²) >= 11 is 6.73. The maximum atomic E-state index is 16.9. The molecule has 2 atom stereocenters. The maximum Gasteiger partial charge on any atom is 0.418 e. The summed E-state index contributed by atoms with van der Waals surface area (Å²) in [5, 5.41) is -0.540. The van der Waals surface area contributed by atoms with Crippen LogP contribution < -0.4 is 20.1 Å². The molecule has 2 aliphatic carbocycles. The van der Waals surface area contributed by atoms with Crippen LogP contribution in [0.4, 0.5) is 38.0 Å². The lowest BCUT2D eigenvalue weighted by Gasteiger charge is -2.53. The maximum absolute atomic E-state index is 16.9. The van der Waals surface area contributed by atoms with Gasteiger partial charge in [-0.2, -0.15) is 23.1 Å². The van der Waals surface area contributed by atoms with Crippen molar-refractivity contribution in [2.24, 2.45) is 5.41 Å². The molecule has 0 bridgehead atoms. The smallest absolute Gasteiger partial charge is 0.418 e. The third kappa shape index (κ3) is 5.12. The topological polar surface area (TPSA) is 89.6 Å². The Morgan fingerprint density at radius 2 is 1.83 bits per heavy atom. The number of rotatable bonds is 4. The van der Waals surface area contributed by atoms with Crippen molar-refractivity contribution in [2.45, 2.75) is 82.0 Å². The van der Waals surface area contributed by atoms with Crippen LogP contribution in [0.3, 0.4) is 0 Å². The van der Waals surface area contributed by atoms with E-state index >= 15 is 4.39 Å². The first-order valence-corrected chi connectivity index (χ1v) is 16.1. The number of likely N-dealkylation sites (tertiary alicyclic amines) is 1. The second-order valence-corrected chi connectivity index (χ2v) is 14.1. The van der Waals surface area contributed by atoms with Gasteiger partial charge < -0.3 is 25.0 Å². The van der Waals surface area contributed by atoms with Gasteiger partial charge in [-0.1, -0.05) is 18.0 Å². The van der Waals surface area contributed by atoms with E-state index in [1.54, 1.807) is 11.9 Å². The summed E-state index contributed by atoms with van der Waals surface area (Å²) < 4.78 is 101. The first kappa shape index (κ1) is 32.3. The normalized spacial score (nSPS) is 25.2. The summed E-state index contributed by atoms with van der Waals surface area (Å²) in [4.78, 5) is 16.8. The fourth-order valence-corrected chi connectivity index (χ4v) is 8.89. The van der Waals surface area contributed by atoms with Crippen LogP contribution in [-0.4, -0.2) is 71.2 Å². The summed E-state index contributed by atoms with van der Waals surface area (Å²) in [5.74, 6) is -4.54. The average Bonchev–Trinajstić information content (AvgIpc) is 3.40. The highest BCUT2D eigenvalue weighted by molar-refractivity contribution is 6.36. The number of halogens is 7. The van der Waals surface area contributed by atoms with Crippen LogP contribution in [0.1, 0.15) is 62.5 Å². The number of benzene rings is 1. The lowest BCUT2D eigenvalue weighted by Crippen LogP contribution is -2.62. The van der Waals surface area contributed by atoms with Crippen molar-refractivity contribution in [3.05, 3.63) is 28.0 Å². The van der Waals surface area contributed by atoms with Crippen molar-refractivity contribution in [1.82, 2.24) is 19.9 Å². The molecule has 3 fully saturated rings. The molecule has 2 saturated carbocycles. The molecule has 0 radical (unpaired) electrons. The monoisotopic (exact) mass is 684 g/mol. The first-order valence-electron chi connectivity index (χ1n) is 15.7. The minimum absolute atomic E-state index is 0.0385. The number of ether oxygens (including phenoxy) is 2. The van der Waals surface area contributed by atoms with Crippen molar-refractivity contribution in [3.63, 3.8) is 0 Å². The van der Waals surface area contributed by atoms with E-state index < -0.39 is 63.7 Å². The first-order chi connectivity index (χ1) is 22.1. The minimum Gasteiger partial charge on any atom is -0.491 e. The van der Waals surface area contributed by atoms with Gasteiger partial charge in [0.1, 0.15) is 17.2 Å². The van der Waals surface area contributed by atoms with Crippen LogP contribution in [0, 0.1) is 18.2 Å². The second kappa shape index (κ2) is 10.9. The van der Waals surface area contributed by atoms with Gasteiger partial charge in [0.15, 0.2) is 11.6 Å². The molecule has 1 spiro atoms. The molecule has 15 heteroatoms. The van der Waals surface area contributed by atoms with Gasteiger partial charge in [-0.05, 0) is 57.8 Å². The van der Waals surface area contributed by atoms with Gasteiger partial charge in [0.05, 0.1) is 46.0 Å². The Balaban J connectivity index is 1.44. The Labute approximate surface area is 272 Å². The molecular weight excluding hydrogens is 650 g/mol. The van der Waals surface area contributed by atoms with E-state index in [0.29, 0.717) is 0 Å². The van der Waals surface area contributed by atoms with Crippen LogP contribution in [0.5, 0.6) is 11.8 Å². The average molecular weight is 685 g/mol. The second-order valence-electron chi connectivity index (χ2n) is 13.7. The number of nitrogen functional groups attached to an aromatic ring is 1. The number of aryl methyl sites for hydroxylation is 1. The molecule has 1 aromatic carbocycles. The molecule has 7 rings (SSSR count). The standard InChI is InChI=1S/C32H35ClF6N6O2/c1-16-12-18(40)41-24(21(16)32(37,38)39)19-22(33)26-20-25(23(19)34)42-28(47-15-29-7-4-6-17(29)44(2)10-5-8-29)43-27(20)45(3)30(9-11-46-26)13-31(35,36)14-30/h12,17H,4-11,13-15H2,1-3H3,(H2,40,41). The number of nitrogens with two attached hydrogens (primary N) is 1. The number of alkyl halides is 5. The lowest BCUT2D eigenvalue weighted by molar-refractivity contribution is -0.137. The van der Waals surface area contributed by atoms with Gasteiger partial charge in [-0.25, -0.2) is 18.2 Å². The van der Waals surface area contributed by atoms with Gasteiger partial charge in [-0.3, -0.25) is 0 Å². The summed E-state index contributed by atoms with van der Waals surface area (Å²) in [6.45, 7) is 2.28.